The second-order valence-corrected chi connectivity index (χ2v) is 4.64. The molecule has 0 saturated carbocycles. The van der Waals surface area contributed by atoms with E-state index < -0.39 is 6.09 Å². The van der Waals surface area contributed by atoms with E-state index in [4.69, 9.17) is 4.74 Å². The first-order valence-corrected chi connectivity index (χ1v) is 7.08. The molecule has 0 aliphatic carbocycles. The lowest BCUT2D eigenvalue weighted by Crippen LogP contribution is -2.19. The molecule has 0 unspecified atom stereocenters. The predicted molar refractivity (Wildman–Crippen MR) is 84.2 cm³/mol. The van der Waals surface area contributed by atoms with Crippen LogP contribution in [0.3, 0.4) is 0 Å². The number of rotatable bonds is 7. The number of para-hydroxylation sites is 1. The molecule has 0 aliphatic rings. The molecule has 110 valence electrons. The van der Waals surface area contributed by atoms with Gasteiger partial charge in [0.2, 0.25) is 0 Å². The van der Waals surface area contributed by atoms with Gasteiger partial charge in [0.15, 0.2) is 0 Å². The first-order chi connectivity index (χ1) is 10.3. The third-order valence-electron chi connectivity index (χ3n) is 2.92. The van der Waals surface area contributed by atoms with E-state index >= 15 is 0 Å². The third-order valence-corrected chi connectivity index (χ3v) is 2.92. The van der Waals surface area contributed by atoms with Crippen LogP contribution in [0.5, 0.6) is 0 Å². The van der Waals surface area contributed by atoms with Crippen LogP contribution in [0, 0.1) is 0 Å². The van der Waals surface area contributed by atoms with E-state index in [2.05, 4.69) is 22.8 Å². The first-order valence-electron chi connectivity index (χ1n) is 7.08. The highest BCUT2D eigenvalue weighted by Crippen LogP contribution is 2.05. The Morgan fingerprint density at radius 1 is 0.952 bits per heavy atom. The number of hydrogen-bond donors (Lipinski definition) is 2. The van der Waals surface area contributed by atoms with Gasteiger partial charge in [0.1, 0.15) is 0 Å². The van der Waals surface area contributed by atoms with Crippen molar-refractivity contribution in [2.75, 3.05) is 18.5 Å². The van der Waals surface area contributed by atoms with Gasteiger partial charge in [-0.05, 0) is 30.7 Å². The maximum atomic E-state index is 11.5. The van der Waals surface area contributed by atoms with Crippen LogP contribution in [0.4, 0.5) is 10.5 Å². The fourth-order valence-corrected chi connectivity index (χ4v) is 1.87. The van der Waals surface area contributed by atoms with Crippen LogP contribution in [0.25, 0.3) is 0 Å². The van der Waals surface area contributed by atoms with Crippen LogP contribution < -0.4 is 10.6 Å². The first kappa shape index (κ1) is 15.1. The fraction of sp³-hybridized carbons (Fsp3) is 0.235. The zero-order valence-corrected chi connectivity index (χ0v) is 11.9. The Bertz CT molecular complexity index is 529. The number of amides is 1. The number of carbonyl (C=O) groups is 1. The summed E-state index contributed by atoms with van der Waals surface area (Å²) in [5, 5.41) is 5.99. The summed E-state index contributed by atoms with van der Waals surface area (Å²) in [6.45, 7) is 2.05. The zero-order valence-electron chi connectivity index (χ0n) is 11.9. The molecule has 2 N–H and O–H groups in total. The number of hydrogen-bond acceptors (Lipinski definition) is 3. The van der Waals surface area contributed by atoms with Gasteiger partial charge < -0.3 is 10.1 Å². The second kappa shape index (κ2) is 8.76. The van der Waals surface area contributed by atoms with Gasteiger partial charge in [0.05, 0.1) is 6.61 Å². The average Bonchev–Trinajstić information content (AvgIpc) is 2.53. The molecule has 0 atom stereocenters. The molecule has 0 heterocycles. The number of ether oxygens (including phenoxy) is 1. The minimum absolute atomic E-state index is 0.403. The van der Waals surface area contributed by atoms with Gasteiger partial charge in [-0.3, -0.25) is 5.32 Å². The van der Waals surface area contributed by atoms with E-state index in [1.165, 1.54) is 5.56 Å². The maximum Gasteiger partial charge on any atom is 0.411 e. The SMILES string of the molecule is O=C(Nc1ccccc1)OCCCNCc1ccccc1. The largest absolute Gasteiger partial charge is 0.449 e. The molecule has 0 bridgehead atoms. The van der Waals surface area contributed by atoms with Crippen molar-refractivity contribution in [2.24, 2.45) is 0 Å². The average molecular weight is 284 g/mol. The van der Waals surface area contributed by atoms with Crippen LogP contribution in [0.1, 0.15) is 12.0 Å². The van der Waals surface area contributed by atoms with Crippen molar-refractivity contribution >= 4 is 11.8 Å². The van der Waals surface area contributed by atoms with Crippen LogP contribution in [0.2, 0.25) is 0 Å². The molecule has 2 aromatic carbocycles. The van der Waals surface area contributed by atoms with Crippen LogP contribution in [0.15, 0.2) is 60.7 Å². The van der Waals surface area contributed by atoms with E-state index in [0.717, 1.165) is 25.2 Å². The Kier molecular flexibility index (Phi) is 6.29. The molecule has 2 aromatic rings. The van der Waals surface area contributed by atoms with Gasteiger partial charge in [0, 0.05) is 12.2 Å². The molecule has 0 spiro atoms. The summed E-state index contributed by atoms with van der Waals surface area (Å²) >= 11 is 0. The summed E-state index contributed by atoms with van der Waals surface area (Å²) in [5.74, 6) is 0. The molecule has 0 fully saturated rings. The smallest absolute Gasteiger partial charge is 0.411 e. The van der Waals surface area contributed by atoms with E-state index in [1.807, 2.05) is 48.5 Å². The standard InChI is InChI=1S/C17H20N2O2/c20-17(19-16-10-5-2-6-11-16)21-13-7-12-18-14-15-8-3-1-4-9-15/h1-6,8-11,18H,7,12-14H2,(H,19,20). The van der Waals surface area contributed by atoms with Gasteiger partial charge in [0.25, 0.3) is 0 Å². The highest BCUT2D eigenvalue weighted by atomic mass is 16.5. The summed E-state index contributed by atoms with van der Waals surface area (Å²) in [6.07, 6.45) is 0.374. The molecule has 1 amide bonds. The Balaban J connectivity index is 1.52. The topological polar surface area (TPSA) is 50.4 Å². The molecule has 21 heavy (non-hydrogen) atoms. The molecule has 0 radical (unpaired) electrons. The summed E-state index contributed by atoms with van der Waals surface area (Å²) in [5.41, 5.74) is 1.99. The Hall–Kier alpha value is -2.33. The Morgan fingerprint density at radius 2 is 1.62 bits per heavy atom. The fourth-order valence-electron chi connectivity index (χ4n) is 1.87. The van der Waals surface area contributed by atoms with Crippen molar-refractivity contribution < 1.29 is 9.53 Å². The van der Waals surface area contributed by atoms with Crippen LogP contribution in [-0.2, 0) is 11.3 Å². The van der Waals surface area contributed by atoms with Gasteiger partial charge >= 0.3 is 6.09 Å². The van der Waals surface area contributed by atoms with Crippen molar-refractivity contribution in [3.05, 3.63) is 66.2 Å². The molecule has 0 aliphatic heterocycles. The maximum absolute atomic E-state index is 11.5. The highest BCUT2D eigenvalue weighted by Gasteiger charge is 2.01. The van der Waals surface area contributed by atoms with E-state index in [1.54, 1.807) is 0 Å². The van der Waals surface area contributed by atoms with Crippen LogP contribution >= 0.6 is 0 Å². The monoisotopic (exact) mass is 284 g/mol. The molecular formula is C17H20N2O2. The number of nitrogens with one attached hydrogen (secondary N) is 2. The van der Waals surface area contributed by atoms with Crippen molar-refractivity contribution in [1.82, 2.24) is 5.32 Å². The lowest BCUT2D eigenvalue weighted by Gasteiger charge is -2.07. The summed E-state index contributed by atoms with van der Waals surface area (Å²) in [7, 11) is 0. The van der Waals surface area contributed by atoms with Gasteiger partial charge in [-0.2, -0.15) is 0 Å². The van der Waals surface area contributed by atoms with E-state index in [-0.39, 0.29) is 0 Å². The molecule has 0 saturated heterocycles. The van der Waals surface area contributed by atoms with Crippen molar-refractivity contribution in [3.8, 4) is 0 Å². The normalized spacial score (nSPS) is 10.1. The summed E-state index contributed by atoms with van der Waals surface area (Å²) in [4.78, 5) is 11.5. The van der Waals surface area contributed by atoms with Gasteiger partial charge in [-0.15, -0.1) is 0 Å². The quantitative estimate of drug-likeness (QED) is 0.766. The minimum atomic E-state index is -0.413. The van der Waals surface area contributed by atoms with Crippen molar-refractivity contribution in [1.29, 1.82) is 0 Å². The van der Waals surface area contributed by atoms with E-state index in [9.17, 15) is 4.79 Å². The van der Waals surface area contributed by atoms with E-state index in [0.29, 0.717) is 6.61 Å². The molecule has 4 nitrogen and oxygen atoms in total. The van der Waals surface area contributed by atoms with Gasteiger partial charge in [-0.1, -0.05) is 48.5 Å². The second-order valence-electron chi connectivity index (χ2n) is 4.64. The minimum Gasteiger partial charge on any atom is -0.449 e. The van der Waals surface area contributed by atoms with Crippen molar-refractivity contribution in [3.63, 3.8) is 0 Å². The number of carbonyl (C=O) groups excluding carboxylic acids is 1. The van der Waals surface area contributed by atoms with Gasteiger partial charge in [-0.25, -0.2) is 4.79 Å². The lowest BCUT2D eigenvalue weighted by atomic mass is 10.2. The molecule has 2 rings (SSSR count). The molecular weight excluding hydrogens is 264 g/mol. The summed E-state index contributed by atoms with van der Waals surface area (Å²) < 4.78 is 5.11. The lowest BCUT2D eigenvalue weighted by molar-refractivity contribution is 0.160. The molecule has 4 heteroatoms. The zero-order chi connectivity index (χ0) is 14.8. The Labute approximate surface area is 125 Å². The molecule has 0 aromatic heterocycles. The third kappa shape index (κ3) is 6.10. The highest BCUT2D eigenvalue weighted by molar-refractivity contribution is 5.84. The van der Waals surface area contributed by atoms with Crippen LogP contribution in [-0.4, -0.2) is 19.2 Å². The summed E-state index contributed by atoms with van der Waals surface area (Å²) in [6, 6.07) is 19.5. The number of benzene rings is 2. The number of anilines is 1. The van der Waals surface area contributed by atoms with Crippen molar-refractivity contribution in [2.45, 2.75) is 13.0 Å². The Morgan fingerprint density at radius 3 is 2.33 bits per heavy atom. The predicted octanol–water partition coefficient (Wildman–Crippen LogP) is 3.42.